The fraction of sp³-hybridized carbons (Fsp3) is 0. The first kappa shape index (κ1) is 60.6. The minimum Gasteiger partial charge on any atom is -0.458 e. The van der Waals surface area contributed by atoms with E-state index in [0.717, 1.165) is 129 Å². The van der Waals surface area contributed by atoms with Gasteiger partial charge in [0.15, 0.2) is 0 Å². The molecule has 21 rings (SSSR count). The predicted molar refractivity (Wildman–Crippen MR) is 442 cm³/mol. The Morgan fingerprint density at radius 1 is 0.267 bits per heavy atom. The second-order valence-corrected chi connectivity index (χ2v) is 28.5. The van der Waals surface area contributed by atoms with Crippen LogP contribution in [-0.2, 0) is 0 Å². The van der Waals surface area contributed by atoms with Crippen LogP contribution in [0.3, 0.4) is 0 Å². The van der Waals surface area contributed by atoms with Gasteiger partial charge in [0, 0.05) is 83.4 Å². The van der Waals surface area contributed by atoms with E-state index in [-0.39, 0.29) is 13.4 Å². The number of nitrogens with zero attached hydrogens (tertiary/aromatic N) is 5. The maximum Gasteiger partial charge on any atom is 0.253 e. The van der Waals surface area contributed by atoms with Crippen LogP contribution in [0.25, 0.3) is 60.9 Å². The van der Waals surface area contributed by atoms with Gasteiger partial charge in [-0.1, -0.05) is 278 Å². The molecule has 0 radical (unpaired) electrons. The van der Waals surface area contributed by atoms with E-state index >= 15 is 0 Å². The topological polar surface area (TPSA) is 27.1 Å². The van der Waals surface area contributed by atoms with Crippen molar-refractivity contribution in [1.29, 1.82) is 0 Å². The Labute approximate surface area is 615 Å². The van der Waals surface area contributed by atoms with E-state index in [0.29, 0.717) is 0 Å². The first-order chi connectivity index (χ1) is 52.1. The fourth-order valence-corrected chi connectivity index (χ4v) is 18.3. The molecule has 9 heteroatoms. The molecule has 0 N–H and O–H groups in total. The highest BCUT2D eigenvalue weighted by atomic mass is 32.2. The molecule has 1 aromatic heterocycles. The number of fused-ring (bicyclic) bond motifs is 11. The Morgan fingerprint density at radius 2 is 0.733 bits per heavy atom. The van der Waals surface area contributed by atoms with Gasteiger partial charge in [-0.25, -0.2) is 0 Å². The lowest BCUT2D eigenvalue weighted by Gasteiger charge is -2.46. The molecule has 0 aliphatic carbocycles. The van der Waals surface area contributed by atoms with E-state index in [2.05, 4.69) is 406 Å². The van der Waals surface area contributed by atoms with Crippen LogP contribution in [0.2, 0.25) is 0 Å². The lowest BCUT2D eigenvalue weighted by molar-refractivity contribution is 0.486. The van der Waals surface area contributed by atoms with Gasteiger partial charge in [0.05, 0.1) is 33.8 Å². The molecule has 4 aliphatic heterocycles. The molecular weight excluding hydrogens is 1290 g/mol. The number of hydrogen-bond donors (Lipinski definition) is 0. The van der Waals surface area contributed by atoms with Crippen molar-refractivity contribution in [3.8, 4) is 50.6 Å². The van der Waals surface area contributed by atoms with Crippen LogP contribution >= 0.6 is 11.8 Å². The number of para-hydroxylation sites is 8. The molecule has 0 spiro atoms. The van der Waals surface area contributed by atoms with Crippen molar-refractivity contribution in [2.24, 2.45) is 0 Å². The van der Waals surface area contributed by atoms with Crippen molar-refractivity contribution in [3.63, 3.8) is 0 Å². The quantitative estimate of drug-likeness (QED) is 0.113. The van der Waals surface area contributed by atoms with E-state index in [1.807, 2.05) is 11.8 Å². The maximum atomic E-state index is 7.36. The van der Waals surface area contributed by atoms with E-state index < -0.39 is 0 Å². The van der Waals surface area contributed by atoms with E-state index in [9.17, 15) is 0 Å². The standard InChI is InChI=1S/C96H63B2N5OS/c1-7-28-64(29-8-1)66-50-54-72(55-51-66)100(73-56-52-67(53-57-73)65-30-9-2-10-31-65)75-60-91-95-93(61-75)105-92-63-87-81(62-82(92)98(95)80-44-22-26-49-90(80)104-91)97-79-43-21-25-47-85(79)101(71-38-17-6-18-39-71)88-58-74(99(69-34-13-4-14-35-69)70-36-15-5-16-37-70)59-89(94(88)97)103(87)96-76(68-32-11-3-12-33-68)42-27-48-86(96)102-83-45-23-19-40-77(83)78-41-20-24-46-84(78)102/h1-63H. The van der Waals surface area contributed by atoms with Crippen molar-refractivity contribution in [1.82, 2.24) is 4.57 Å². The SMILES string of the molecule is c1ccc(-c2ccc(N(c3ccc(-c4ccccc4)cc3)c3cc4c5c(c3)Sc3cc6c(cc3B5c3ccccc3O4)B3c4ccccc4N(c4ccccc4)c4cc(N(c5ccccc5)c5ccccc5)cc(c43)N6c3c(-c4ccccc4)cccc3-n3c4ccccc4c4ccccc43)cc2)cc1. The van der Waals surface area contributed by atoms with Crippen molar-refractivity contribution in [3.05, 3.63) is 382 Å². The van der Waals surface area contributed by atoms with Gasteiger partial charge in [-0.2, -0.15) is 0 Å². The average Bonchev–Trinajstić information content (AvgIpc) is 0.754. The third kappa shape index (κ3) is 9.91. The number of rotatable bonds is 12. The Hall–Kier alpha value is -13.2. The first-order valence-electron chi connectivity index (χ1n) is 36.0. The minimum absolute atomic E-state index is 0.175. The molecule has 6 nitrogen and oxygen atoms in total. The number of benzene rings is 16. The van der Waals surface area contributed by atoms with Crippen LogP contribution in [-0.4, -0.2) is 18.0 Å². The van der Waals surface area contributed by atoms with Gasteiger partial charge in [0.25, 0.3) is 13.4 Å². The zero-order chi connectivity index (χ0) is 69.1. The molecule has 17 aromatic rings. The van der Waals surface area contributed by atoms with Crippen LogP contribution in [0.4, 0.5) is 68.2 Å². The molecule has 4 aliphatic rings. The largest absolute Gasteiger partial charge is 0.458 e. The highest BCUT2D eigenvalue weighted by Crippen LogP contribution is 2.54. The van der Waals surface area contributed by atoms with Crippen LogP contribution in [0.15, 0.2) is 392 Å². The third-order valence-corrected chi connectivity index (χ3v) is 22.7. The summed E-state index contributed by atoms with van der Waals surface area (Å²) in [6.07, 6.45) is 0. The maximum absolute atomic E-state index is 7.36. The molecule has 490 valence electrons. The summed E-state index contributed by atoms with van der Waals surface area (Å²) < 4.78 is 9.89. The summed E-state index contributed by atoms with van der Waals surface area (Å²) in [4.78, 5) is 12.4. The van der Waals surface area contributed by atoms with Crippen molar-refractivity contribution >= 4 is 148 Å². The zero-order valence-corrected chi connectivity index (χ0v) is 57.9. The predicted octanol–water partition coefficient (Wildman–Crippen LogP) is 21.9. The number of anilines is 12. The average molecular weight is 1360 g/mol. The van der Waals surface area contributed by atoms with Crippen molar-refractivity contribution < 1.29 is 4.74 Å². The van der Waals surface area contributed by atoms with Crippen molar-refractivity contribution in [2.45, 2.75) is 9.79 Å². The number of ether oxygens (including phenoxy) is 1. The Balaban J connectivity index is 0.858. The zero-order valence-electron chi connectivity index (χ0n) is 57.1. The molecule has 0 atom stereocenters. The second-order valence-electron chi connectivity index (χ2n) is 27.5. The van der Waals surface area contributed by atoms with E-state index in [4.69, 9.17) is 4.74 Å². The molecule has 5 heterocycles. The van der Waals surface area contributed by atoms with Gasteiger partial charge >= 0.3 is 0 Å². The summed E-state index contributed by atoms with van der Waals surface area (Å²) in [6, 6.07) is 141. The van der Waals surface area contributed by atoms with Gasteiger partial charge in [-0.05, 0) is 170 Å². The molecule has 0 bridgehead atoms. The first-order valence-corrected chi connectivity index (χ1v) is 36.8. The summed E-state index contributed by atoms with van der Waals surface area (Å²) in [5, 5.41) is 2.40. The number of hydrogen-bond acceptors (Lipinski definition) is 6. The molecule has 0 unspecified atom stereocenters. The van der Waals surface area contributed by atoms with Gasteiger partial charge in [0.1, 0.15) is 11.5 Å². The normalized spacial score (nSPS) is 12.7. The van der Waals surface area contributed by atoms with E-state index in [1.54, 1.807) is 0 Å². The van der Waals surface area contributed by atoms with Crippen LogP contribution in [0.1, 0.15) is 0 Å². The summed E-state index contributed by atoms with van der Waals surface area (Å²) in [6.45, 7) is -0.400. The smallest absolute Gasteiger partial charge is 0.253 e. The van der Waals surface area contributed by atoms with Crippen LogP contribution in [0, 0.1) is 0 Å². The van der Waals surface area contributed by atoms with Gasteiger partial charge in [-0.15, -0.1) is 0 Å². The Kier molecular flexibility index (Phi) is 14.3. The Bertz CT molecular complexity index is 6070. The monoisotopic (exact) mass is 1360 g/mol. The molecule has 0 fully saturated rings. The highest BCUT2D eigenvalue weighted by Gasteiger charge is 2.48. The molecule has 0 amide bonds. The van der Waals surface area contributed by atoms with Crippen molar-refractivity contribution in [2.75, 3.05) is 19.6 Å². The van der Waals surface area contributed by atoms with Gasteiger partial charge in [0.2, 0.25) is 0 Å². The summed E-state index contributed by atoms with van der Waals surface area (Å²) in [5.41, 5.74) is 30.3. The highest BCUT2D eigenvalue weighted by molar-refractivity contribution is 8.00. The molecule has 105 heavy (non-hydrogen) atoms. The lowest BCUT2D eigenvalue weighted by atomic mass is 9.31. The summed E-state index contributed by atoms with van der Waals surface area (Å²) >= 11 is 1.86. The molecule has 0 saturated carbocycles. The van der Waals surface area contributed by atoms with Gasteiger partial charge in [-0.3, -0.25) is 0 Å². The summed E-state index contributed by atoms with van der Waals surface area (Å²) in [7, 11) is 0. The molecule has 0 saturated heterocycles. The molecule has 16 aromatic carbocycles. The molecular formula is C96H63B2N5OS. The van der Waals surface area contributed by atoms with Crippen LogP contribution < -0.4 is 57.1 Å². The summed E-state index contributed by atoms with van der Waals surface area (Å²) in [5.74, 6) is 1.71. The fourth-order valence-electron chi connectivity index (χ4n) is 17.1. The lowest BCUT2D eigenvalue weighted by Crippen LogP contribution is -2.64. The third-order valence-electron chi connectivity index (χ3n) is 21.6. The number of aromatic nitrogens is 1. The Morgan fingerprint density at radius 3 is 1.34 bits per heavy atom. The van der Waals surface area contributed by atoms with Crippen LogP contribution in [0.5, 0.6) is 11.5 Å². The van der Waals surface area contributed by atoms with E-state index in [1.165, 1.54) is 54.1 Å². The second kappa shape index (κ2) is 24.8. The van der Waals surface area contributed by atoms with Gasteiger partial charge < -0.3 is 28.9 Å². The minimum atomic E-state index is -0.224.